The average molecular weight is 491 g/mol. The van der Waals surface area contributed by atoms with Gasteiger partial charge < -0.3 is 19.5 Å². The van der Waals surface area contributed by atoms with Crippen LogP contribution in [0.15, 0.2) is 54.6 Å². The first-order valence-electron chi connectivity index (χ1n) is 11.1. The van der Waals surface area contributed by atoms with Crippen LogP contribution < -0.4 is 14.8 Å². The molecule has 0 spiro atoms. The first kappa shape index (κ1) is 24.2. The summed E-state index contributed by atoms with van der Waals surface area (Å²) in [6.07, 6.45) is -0.268. The minimum absolute atomic E-state index is 0.268. The smallest absolute Gasteiger partial charge is 0.341 e. The number of methoxy groups -OCH3 is 2. The number of rotatable bonds is 7. The van der Waals surface area contributed by atoms with E-state index in [1.165, 1.54) is 11.3 Å². The lowest BCUT2D eigenvalue weighted by molar-refractivity contribution is 0.0379. The lowest BCUT2D eigenvalue weighted by atomic mass is 10.0. The fraction of sp³-hybridized carbons (Fsp3) is 0.222. The van der Waals surface area contributed by atoms with E-state index >= 15 is 0 Å². The molecule has 8 heteroatoms. The third kappa shape index (κ3) is 5.12. The van der Waals surface area contributed by atoms with E-state index < -0.39 is 5.97 Å². The van der Waals surface area contributed by atoms with Crippen LogP contribution in [0.1, 0.15) is 39.4 Å². The van der Waals surface area contributed by atoms with Gasteiger partial charge in [0.15, 0.2) is 0 Å². The van der Waals surface area contributed by atoms with E-state index in [9.17, 15) is 9.59 Å². The summed E-state index contributed by atoms with van der Waals surface area (Å²) in [6, 6.07) is 16.3. The number of aromatic nitrogens is 1. The van der Waals surface area contributed by atoms with Gasteiger partial charge in [-0.3, -0.25) is 4.79 Å². The Balaban J connectivity index is 1.80. The molecule has 0 atom stereocenters. The Morgan fingerprint density at radius 3 is 2.46 bits per heavy atom. The Labute approximate surface area is 207 Å². The number of aryl methyl sites for hydroxylation is 1. The van der Waals surface area contributed by atoms with Crippen molar-refractivity contribution in [1.29, 1.82) is 0 Å². The zero-order valence-electron chi connectivity index (χ0n) is 20.2. The highest BCUT2D eigenvalue weighted by molar-refractivity contribution is 7.16. The van der Waals surface area contributed by atoms with Crippen molar-refractivity contribution in [1.82, 2.24) is 4.98 Å². The largest absolute Gasteiger partial charge is 0.497 e. The van der Waals surface area contributed by atoms with Gasteiger partial charge in [0, 0.05) is 15.8 Å². The minimum atomic E-state index is -0.471. The summed E-state index contributed by atoms with van der Waals surface area (Å²) < 4.78 is 16.3. The van der Waals surface area contributed by atoms with Crippen molar-refractivity contribution in [3.8, 4) is 22.8 Å². The molecule has 0 radical (unpaired) electrons. The number of amides is 1. The topological polar surface area (TPSA) is 86.8 Å². The first-order chi connectivity index (χ1) is 16.8. The first-order valence-corrected chi connectivity index (χ1v) is 11.9. The second kappa shape index (κ2) is 10.1. The van der Waals surface area contributed by atoms with E-state index in [1.807, 2.05) is 37.3 Å². The Kier molecular flexibility index (Phi) is 7.02. The van der Waals surface area contributed by atoms with Crippen molar-refractivity contribution in [2.75, 3.05) is 19.5 Å². The van der Waals surface area contributed by atoms with Gasteiger partial charge in [0.1, 0.15) is 16.5 Å². The van der Waals surface area contributed by atoms with Crippen LogP contribution in [0.25, 0.3) is 22.2 Å². The van der Waals surface area contributed by atoms with Crippen molar-refractivity contribution >= 4 is 39.1 Å². The molecular weight excluding hydrogens is 464 g/mol. The highest BCUT2D eigenvalue weighted by Gasteiger charge is 2.22. The number of esters is 1. The number of para-hydroxylation sites is 1. The zero-order chi connectivity index (χ0) is 25.1. The lowest BCUT2D eigenvalue weighted by Crippen LogP contribution is -2.16. The van der Waals surface area contributed by atoms with Gasteiger partial charge in [0.05, 0.1) is 42.7 Å². The van der Waals surface area contributed by atoms with E-state index in [2.05, 4.69) is 5.32 Å². The van der Waals surface area contributed by atoms with E-state index in [0.29, 0.717) is 49.8 Å². The van der Waals surface area contributed by atoms with E-state index in [0.717, 1.165) is 4.88 Å². The maximum Gasteiger partial charge on any atom is 0.341 e. The number of nitrogens with one attached hydrogen (secondary N) is 1. The molecule has 180 valence electrons. The third-order valence-electron chi connectivity index (χ3n) is 5.29. The number of benzene rings is 2. The average Bonchev–Trinajstić information content (AvgIpc) is 3.22. The van der Waals surface area contributed by atoms with Crippen LogP contribution in [0, 0.1) is 6.92 Å². The molecule has 0 aliphatic heterocycles. The van der Waals surface area contributed by atoms with Crippen molar-refractivity contribution in [2.45, 2.75) is 26.9 Å². The van der Waals surface area contributed by atoms with Gasteiger partial charge >= 0.3 is 5.97 Å². The SMILES string of the molecule is COc1ccc(OC)c(-c2cc(C(=O)Nc3sc(C)cc3C(=O)OC(C)C)c3ccccc3n2)c1. The quantitative estimate of drug-likeness (QED) is 0.315. The Hall–Kier alpha value is -3.91. The predicted octanol–water partition coefficient (Wildman–Crippen LogP) is 6.11. The number of thiophene rings is 1. The number of carbonyl (C=O) groups excluding carboxylic acids is 2. The maximum atomic E-state index is 13.6. The second-order valence-electron chi connectivity index (χ2n) is 8.15. The zero-order valence-corrected chi connectivity index (χ0v) is 21.0. The molecule has 2 aromatic carbocycles. The van der Waals surface area contributed by atoms with Crippen LogP contribution in [0.5, 0.6) is 11.5 Å². The molecule has 0 unspecified atom stereocenters. The van der Waals surface area contributed by atoms with Crippen LogP contribution in [0.3, 0.4) is 0 Å². The van der Waals surface area contributed by atoms with Gasteiger partial charge in [-0.1, -0.05) is 18.2 Å². The number of carbonyl (C=O) groups is 2. The Bertz CT molecular complexity index is 1410. The molecule has 0 aliphatic rings. The highest BCUT2D eigenvalue weighted by Crippen LogP contribution is 2.35. The van der Waals surface area contributed by atoms with Gasteiger partial charge in [-0.25, -0.2) is 9.78 Å². The molecule has 0 saturated carbocycles. The van der Waals surface area contributed by atoms with Crippen LogP contribution in [0.2, 0.25) is 0 Å². The summed E-state index contributed by atoms with van der Waals surface area (Å²) in [6.45, 7) is 5.45. The van der Waals surface area contributed by atoms with Crippen LogP contribution in [-0.4, -0.2) is 37.2 Å². The van der Waals surface area contributed by atoms with E-state index in [-0.39, 0.29) is 12.0 Å². The standard InChI is InChI=1S/C27H26N2O5S/c1-15(2)34-27(31)21-12-16(3)35-26(21)29-25(30)19-14-23(28-22-9-7-6-8-18(19)22)20-13-17(32-4)10-11-24(20)33-5/h6-15H,1-5H3,(H,29,30). The number of nitrogens with zero attached hydrogens (tertiary/aromatic N) is 1. The molecule has 4 rings (SSSR count). The Morgan fingerprint density at radius 2 is 1.74 bits per heavy atom. The van der Waals surface area contributed by atoms with Crippen molar-refractivity contribution in [3.05, 3.63) is 70.6 Å². The maximum absolute atomic E-state index is 13.6. The normalized spacial score (nSPS) is 10.9. The molecule has 1 amide bonds. The van der Waals surface area contributed by atoms with Crippen molar-refractivity contribution in [2.24, 2.45) is 0 Å². The molecule has 0 aliphatic carbocycles. The summed E-state index contributed by atoms with van der Waals surface area (Å²) in [7, 11) is 3.17. The van der Waals surface area contributed by atoms with Crippen LogP contribution in [0.4, 0.5) is 5.00 Å². The van der Waals surface area contributed by atoms with Gasteiger partial charge in [-0.15, -0.1) is 11.3 Å². The van der Waals surface area contributed by atoms with Gasteiger partial charge in [-0.05, 0) is 57.2 Å². The van der Waals surface area contributed by atoms with Gasteiger partial charge in [0.25, 0.3) is 5.91 Å². The number of ether oxygens (including phenoxy) is 3. The molecule has 2 heterocycles. The second-order valence-corrected chi connectivity index (χ2v) is 9.40. The third-order valence-corrected chi connectivity index (χ3v) is 6.25. The summed E-state index contributed by atoms with van der Waals surface area (Å²) in [5.74, 6) is 0.421. The van der Waals surface area contributed by atoms with E-state index in [4.69, 9.17) is 19.2 Å². The van der Waals surface area contributed by atoms with Crippen LogP contribution >= 0.6 is 11.3 Å². The number of hydrogen-bond donors (Lipinski definition) is 1. The van der Waals surface area contributed by atoms with Gasteiger partial charge in [0.2, 0.25) is 0 Å². The van der Waals surface area contributed by atoms with Crippen molar-refractivity contribution in [3.63, 3.8) is 0 Å². The fourth-order valence-electron chi connectivity index (χ4n) is 3.72. The van der Waals surface area contributed by atoms with Crippen LogP contribution in [-0.2, 0) is 4.74 Å². The number of pyridine rings is 1. The Morgan fingerprint density at radius 1 is 0.971 bits per heavy atom. The van der Waals surface area contributed by atoms with E-state index in [1.54, 1.807) is 52.3 Å². The molecule has 7 nitrogen and oxygen atoms in total. The lowest BCUT2D eigenvalue weighted by Gasteiger charge is -2.14. The number of fused-ring (bicyclic) bond motifs is 1. The highest BCUT2D eigenvalue weighted by atomic mass is 32.1. The summed E-state index contributed by atoms with van der Waals surface area (Å²) in [5, 5.41) is 4.05. The molecule has 4 aromatic rings. The van der Waals surface area contributed by atoms with Gasteiger partial charge in [-0.2, -0.15) is 0 Å². The molecule has 35 heavy (non-hydrogen) atoms. The number of anilines is 1. The summed E-state index contributed by atoms with van der Waals surface area (Å²) in [4.78, 5) is 31.8. The fourth-order valence-corrected chi connectivity index (χ4v) is 4.62. The minimum Gasteiger partial charge on any atom is -0.497 e. The predicted molar refractivity (Wildman–Crippen MR) is 138 cm³/mol. The molecule has 0 fully saturated rings. The number of hydrogen-bond acceptors (Lipinski definition) is 7. The molecule has 0 saturated heterocycles. The molecule has 2 aromatic heterocycles. The molecular formula is C27H26N2O5S. The van der Waals surface area contributed by atoms with Crippen molar-refractivity contribution < 1.29 is 23.8 Å². The summed E-state index contributed by atoms with van der Waals surface area (Å²) in [5.41, 5.74) is 2.67. The monoisotopic (exact) mass is 490 g/mol. The summed E-state index contributed by atoms with van der Waals surface area (Å²) >= 11 is 1.32. The molecule has 1 N–H and O–H groups in total. The molecule has 0 bridgehead atoms.